The van der Waals surface area contributed by atoms with Gasteiger partial charge in [-0.15, -0.1) is 0 Å². The van der Waals surface area contributed by atoms with Crippen LogP contribution in [-0.2, 0) is 16.0 Å². The lowest BCUT2D eigenvalue weighted by Crippen LogP contribution is -2.52. The van der Waals surface area contributed by atoms with E-state index in [1.807, 2.05) is 6.07 Å². The predicted octanol–water partition coefficient (Wildman–Crippen LogP) is 3.84. The number of benzene rings is 1. The summed E-state index contributed by atoms with van der Waals surface area (Å²) in [5.41, 5.74) is 2.38. The fourth-order valence-electron chi connectivity index (χ4n) is 5.33. The van der Waals surface area contributed by atoms with Gasteiger partial charge in [-0.1, -0.05) is 24.6 Å². The molecule has 2 aliphatic heterocycles. The summed E-state index contributed by atoms with van der Waals surface area (Å²) in [7, 11) is 1.72. The van der Waals surface area contributed by atoms with Crippen LogP contribution >= 0.6 is 0 Å². The number of carbonyl (C=O) groups is 1. The second kappa shape index (κ2) is 9.77. The zero-order valence-corrected chi connectivity index (χ0v) is 17.7. The molecule has 2 fully saturated rings. The average molecular weight is 398 g/mol. The summed E-state index contributed by atoms with van der Waals surface area (Å²) in [4.78, 5) is 21.3. The highest BCUT2D eigenvalue weighted by Gasteiger charge is 2.34. The maximum atomic E-state index is 13.2. The molecule has 0 spiro atoms. The molecule has 0 radical (unpaired) electrons. The van der Waals surface area contributed by atoms with Crippen molar-refractivity contribution in [3.05, 3.63) is 36.0 Å². The fraction of sp³-hybridized carbons (Fsp3) is 0.625. The normalized spacial score (nSPS) is 22.5. The molecule has 3 heterocycles. The van der Waals surface area contributed by atoms with E-state index >= 15 is 0 Å². The van der Waals surface area contributed by atoms with E-state index in [1.165, 1.54) is 56.1 Å². The van der Waals surface area contributed by atoms with Gasteiger partial charge in [-0.25, -0.2) is 0 Å². The van der Waals surface area contributed by atoms with Gasteiger partial charge in [0.1, 0.15) is 0 Å². The maximum Gasteiger partial charge on any atom is 0.222 e. The van der Waals surface area contributed by atoms with Crippen LogP contribution in [0.4, 0.5) is 0 Å². The van der Waals surface area contributed by atoms with Gasteiger partial charge in [0, 0.05) is 49.8 Å². The third-order valence-electron chi connectivity index (χ3n) is 6.88. The molecule has 2 aromatic rings. The van der Waals surface area contributed by atoms with Gasteiger partial charge in [0.05, 0.1) is 6.61 Å². The molecule has 2 saturated heterocycles. The van der Waals surface area contributed by atoms with Crippen molar-refractivity contribution in [2.24, 2.45) is 5.92 Å². The van der Waals surface area contributed by atoms with Gasteiger partial charge in [0.2, 0.25) is 5.91 Å². The second-order valence-electron chi connectivity index (χ2n) is 8.69. The molecule has 1 amide bonds. The Kier molecular flexibility index (Phi) is 6.88. The quantitative estimate of drug-likeness (QED) is 0.736. The smallest absolute Gasteiger partial charge is 0.222 e. The number of aromatic amines is 1. The van der Waals surface area contributed by atoms with E-state index in [0.29, 0.717) is 31.5 Å². The molecule has 5 heteroatoms. The summed E-state index contributed by atoms with van der Waals surface area (Å²) in [5.74, 6) is 0.873. The monoisotopic (exact) mass is 397 g/mol. The number of rotatable bonds is 8. The van der Waals surface area contributed by atoms with Gasteiger partial charge < -0.3 is 19.5 Å². The Morgan fingerprint density at radius 3 is 2.97 bits per heavy atom. The Hall–Kier alpha value is -1.85. The summed E-state index contributed by atoms with van der Waals surface area (Å²) in [5, 5.41) is 1.23. The zero-order valence-electron chi connectivity index (χ0n) is 17.7. The van der Waals surface area contributed by atoms with Crippen molar-refractivity contribution < 1.29 is 9.53 Å². The van der Waals surface area contributed by atoms with E-state index < -0.39 is 0 Å². The lowest BCUT2D eigenvalue weighted by atomic mass is 9.83. The number of H-pyrrole nitrogens is 1. The topological polar surface area (TPSA) is 48.6 Å². The van der Waals surface area contributed by atoms with Crippen LogP contribution in [0, 0.1) is 5.92 Å². The summed E-state index contributed by atoms with van der Waals surface area (Å²) in [6.07, 6.45) is 9.89. The molecule has 4 rings (SSSR count). The van der Waals surface area contributed by atoms with Crippen molar-refractivity contribution in [2.75, 3.05) is 39.9 Å². The van der Waals surface area contributed by atoms with E-state index in [9.17, 15) is 4.79 Å². The molecule has 2 unspecified atom stereocenters. The summed E-state index contributed by atoms with van der Waals surface area (Å²) in [6, 6.07) is 8.99. The number of methoxy groups -OCH3 is 1. The molecule has 0 aliphatic carbocycles. The standard InChI is InChI=1S/C24H35N3O2/c1-29-16-15-27(18-20-7-6-14-26-13-5-4-10-23(20)26)24(28)12-11-19-17-25-22-9-3-2-8-21(19)22/h2-3,8-9,17,20,23,25H,4-7,10-16,18H2,1H3. The maximum absolute atomic E-state index is 13.2. The number of hydrogen-bond acceptors (Lipinski definition) is 3. The highest BCUT2D eigenvalue weighted by molar-refractivity contribution is 5.84. The molecule has 2 atom stereocenters. The molecule has 158 valence electrons. The van der Waals surface area contributed by atoms with Crippen molar-refractivity contribution in [1.82, 2.24) is 14.8 Å². The van der Waals surface area contributed by atoms with Crippen LogP contribution in [0.1, 0.15) is 44.1 Å². The Labute approximate surface area is 174 Å². The number of aromatic nitrogens is 1. The third-order valence-corrected chi connectivity index (χ3v) is 6.88. The molecular formula is C24H35N3O2. The molecule has 1 N–H and O–H groups in total. The highest BCUT2D eigenvalue weighted by atomic mass is 16.5. The first-order valence-corrected chi connectivity index (χ1v) is 11.3. The van der Waals surface area contributed by atoms with Crippen LogP contribution in [0.25, 0.3) is 10.9 Å². The van der Waals surface area contributed by atoms with E-state index in [-0.39, 0.29) is 5.91 Å². The number of nitrogens with one attached hydrogen (secondary N) is 1. The molecular weight excluding hydrogens is 362 g/mol. The number of piperidine rings is 2. The average Bonchev–Trinajstić information content (AvgIpc) is 3.18. The van der Waals surface area contributed by atoms with Gasteiger partial charge >= 0.3 is 0 Å². The molecule has 0 bridgehead atoms. The minimum absolute atomic E-state index is 0.264. The van der Waals surface area contributed by atoms with Crippen molar-refractivity contribution >= 4 is 16.8 Å². The zero-order chi connectivity index (χ0) is 20.1. The summed E-state index contributed by atoms with van der Waals surface area (Å²) < 4.78 is 5.32. The van der Waals surface area contributed by atoms with Crippen LogP contribution in [0.2, 0.25) is 0 Å². The first kappa shape index (κ1) is 20.4. The van der Waals surface area contributed by atoms with Gasteiger partial charge in [-0.3, -0.25) is 4.79 Å². The summed E-state index contributed by atoms with van der Waals surface area (Å²) >= 11 is 0. The van der Waals surface area contributed by atoms with Crippen LogP contribution in [-0.4, -0.2) is 66.6 Å². The van der Waals surface area contributed by atoms with Gasteiger partial charge in [0.15, 0.2) is 0 Å². The van der Waals surface area contributed by atoms with Crippen LogP contribution in [0.5, 0.6) is 0 Å². The molecule has 1 aromatic heterocycles. The number of ether oxygens (including phenoxy) is 1. The first-order valence-electron chi connectivity index (χ1n) is 11.3. The van der Waals surface area contributed by atoms with Crippen LogP contribution < -0.4 is 0 Å². The number of fused-ring (bicyclic) bond motifs is 2. The lowest BCUT2D eigenvalue weighted by Gasteiger charge is -2.45. The number of amides is 1. The lowest BCUT2D eigenvalue weighted by molar-refractivity contribution is -0.133. The third kappa shape index (κ3) is 4.84. The van der Waals surface area contributed by atoms with Crippen molar-refractivity contribution in [2.45, 2.75) is 51.0 Å². The van der Waals surface area contributed by atoms with Crippen LogP contribution in [0.15, 0.2) is 30.5 Å². The van der Waals surface area contributed by atoms with Crippen LogP contribution in [0.3, 0.4) is 0 Å². The highest BCUT2D eigenvalue weighted by Crippen LogP contribution is 2.31. The van der Waals surface area contributed by atoms with E-state index in [1.54, 1.807) is 7.11 Å². The minimum Gasteiger partial charge on any atom is -0.383 e. The van der Waals surface area contributed by atoms with Gasteiger partial charge in [0.25, 0.3) is 0 Å². The first-order chi connectivity index (χ1) is 14.3. The SMILES string of the molecule is COCCN(CC1CCCN2CCCCC12)C(=O)CCc1c[nH]c2ccccc12. The molecule has 29 heavy (non-hydrogen) atoms. The number of hydrogen-bond donors (Lipinski definition) is 1. The van der Waals surface area contributed by atoms with Gasteiger partial charge in [-0.05, 0) is 62.7 Å². The Morgan fingerprint density at radius 1 is 1.21 bits per heavy atom. The number of carbonyl (C=O) groups excluding carboxylic acids is 1. The molecule has 5 nitrogen and oxygen atoms in total. The largest absolute Gasteiger partial charge is 0.383 e. The summed E-state index contributed by atoms with van der Waals surface area (Å²) in [6.45, 7) is 4.69. The Bertz CT molecular complexity index is 800. The number of para-hydroxylation sites is 1. The van der Waals surface area contributed by atoms with Crippen molar-refractivity contribution in [3.63, 3.8) is 0 Å². The Morgan fingerprint density at radius 2 is 2.07 bits per heavy atom. The second-order valence-corrected chi connectivity index (χ2v) is 8.69. The van der Waals surface area contributed by atoms with E-state index in [2.05, 4.69) is 39.2 Å². The van der Waals surface area contributed by atoms with Crippen molar-refractivity contribution in [1.29, 1.82) is 0 Å². The Balaban J connectivity index is 1.39. The number of nitrogens with zero attached hydrogens (tertiary/aromatic N) is 2. The van der Waals surface area contributed by atoms with E-state index in [0.717, 1.165) is 18.5 Å². The van der Waals surface area contributed by atoms with Gasteiger partial charge in [-0.2, -0.15) is 0 Å². The minimum atomic E-state index is 0.264. The fourth-order valence-corrected chi connectivity index (χ4v) is 5.33. The number of aryl methyl sites for hydroxylation is 1. The molecule has 2 aliphatic rings. The van der Waals surface area contributed by atoms with Crippen molar-refractivity contribution in [3.8, 4) is 0 Å². The van der Waals surface area contributed by atoms with E-state index in [4.69, 9.17) is 4.74 Å². The predicted molar refractivity (Wildman–Crippen MR) is 117 cm³/mol. The molecule has 1 aromatic carbocycles. The molecule has 0 saturated carbocycles.